The van der Waals surface area contributed by atoms with E-state index in [0.29, 0.717) is 22.2 Å². The van der Waals surface area contributed by atoms with Gasteiger partial charge in [0.05, 0.1) is 15.8 Å². The summed E-state index contributed by atoms with van der Waals surface area (Å²) >= 11 is 13.8. The number of thioether (sulfide) groups is 1. The predicted octanol–water partition coefficient (Wildman–Crippen LogP) is 6.92. The molecule has 0 saturated carbocycles. The molecule has 3 aromatic carbocycles. The Balaban J connectivity index is 1.87. The summed E-state index contributed by atoms with van der Waals surface area (Å²) in [7, 11) is 0. The predicted molar refractivity (Wildman–Crippen MR) is 151 cm³/mol. The first kappa shape index (κ1) is 29.0. The van der Waals surface area contributed by atoms with Crippen LogP contribution in [0.3, 0.4) is 0 Å². The highest BCUT2D eigenvalue weighted by molar-refractivity contribution is 7.99. The lowest BCUT2D eigenvalue weighted by Crippen LogP contribution is -2.52. The highest BCUT2D eigenvalue weighted by Crippen LogP contribution is 2.25. The molecular formula is C29H31Cl2FN2O2S. The molecule has 0 spiro atoms. The summed E-state index contributed by atoms with van der Waals surface area (Å²) < 4.78 is 13.2. The minimum Gasteiger partial charge on any atom is -0.352 e. The molecule has 3 aromatic rings. The first-order valence-electron chi connectivity index (χ1n) is 12.2. The van der Waals surface area contributed by atoms with E-state index < -0.39 is 6.04 Å². The van der Waals surface area contributed by atoms with E-state index in [1.807, 2.05) is 50.2 Å². The summed E-state index contributed by atoms with van der Waals surface area (Å²) in [5.41, 5.74) is 2.66. The Bertz CT molecular complexity index is 1180. The van der Waals surface area contributed by atoms with E-state index in [2.05, 4.69) is 5.32 Å². The van der Waals surface area contributed by atoms with Gasteiger partial charge in [0.15, 0.2) is 0 Å². The quantitative estimate of drug-likeness (QED) is 0.261. The van der Waals surface area contributed by atoms with Crippen molar-refractivity contribution in [2.75, 3.05) is 5.75 Å². The van der Waals surface area contributed by atoms with Crippen molar-refractivity contribution in [1.82, 2.24) is 10.2 Å². The molecule has 3 rings (SSSR count). The van der Waals surface area contributed by atoms with Crippen LogP contribution in [-0.2, 0) is 28.3 Å². The minimum absolute atomic E-state index is 0.0273. The van der Waals surface area contributed by atoms with Gasteiger partial charge in [0, 0.05) is 24.8 Å². The van der Waals surface area contributed by atoms with Crippen LogP contribution < -0.4 is 5.32 Å². The van der Waals surface area contributed by atoms with E-state index >= 15 is 0 Å². The van der Waals surface area contributed by atoms with Crippen molar-refractivity contribution < 1.29 is 14.0 Å². The van der Waals surface area contributed by atoms with Crippen LogP contribution in [0, 0.1) is 5.82 Å². The van der Waals surface area contributed by atoms with Gasteiger partial charge in [0.2, 0.25) is 11.8 Å². The van der Waals surface area contributed by atoms with Crippen LogP contribution in [0.4, 0.5) is 4.39 Å². The number of carbonyl (C=O) groups excluding carboxylic acids is 2. The molecule has 0 aliphatic heterocycles. The lowest BCUT2D eigenvalue weighted by atomic mass is 10.0. The monoisotopic (exact) mass is 560 g/mol. The van der Waals surface area contributed by atoms with Gasteiger partial charge in [-0.1, -0.05) is 78.7 Å². The number of nitrogens with zero attached hydrogens (tertiary/aromatic N) is 1. The zero-order valence-electron chi connectivity index (χ0n) is 20.9. The normalized spacial score (nSPS) is 12.6. The minimum atomic E-state index is -0.718. The molecular weight excluding hydrogens is 530 g/mol. The fourth-order valence-corrected chi connectivity index (χ4v) is 4.94. The third-order valence-corrected chi connectivity index (χ3v) is 7.74. The maximum atomic E-state index is 13.6. The van der Waals surface area contributed by atoms with Crippen LogP contribution in [-0.4, -0.2) is 34.6 Å². The van der Waals surface area contributed by atoms with Crippen LogP contribution in [0.5, 0.6) is 0 Å². The fraction of sp³-hybridized carbons (Fsp3) is 0.310. The molecule has 0 fully saturated rings. The zero-order chi connectivity index (χ0) is 26.8. The lowest BCUT2D eigenvalue weighted by Gasteiger charge is -2.32. The number of hydrogen-bond acceptors (Lipinski definition) is 3. The molecule has 1 N–H and O–H groups in total. The second-order valence-corrected chi connectivity index (χ2v) is 10.7. The molecule has 2 atom stereocenters. The highest BCUT2D eigenvalue weighted by Gasteiger charge is 2.31. The van der Waals surface area contributed by atoms with E-state index in [4.69, 9.17) is 23.2 Å². The average Bonchev–Trinajstić information content (AvgIpc) is 2.89. The summed E-state index contributed by atoms with van der Waals surface area (Å²) in [5, 5.41) is 3.87. The van der Waals surface area contributed by atoms with E-state index in [1.165, 1.54) is 23.9 Å². The number of amides is 2. The van der Waals surface area contributed by atoms with Gasteiger partial charge in [0.25, 0.3) is 0 Å². The van der Waals surface area contributed by atoms with Gasteiger partial charge in [-0.25, -0.2) is 4.39 Å². The van der Waals surface area contributed by atoms with Gasteiger partial charge in [-0.3, -0.25) is 9.59 Å². The van der Waals surface area contributed by atoms with Gasteiger partial charge >= 0.3 is 0 Å². The van der Waals surface area contributed by atoms with Crippen LogP contribution in [0.2, 0.25) is 10.0 Å². The van der Waals surface area contributed by atoms with Crippen molar-refractivity contribution >= 4 is 46.8 Å². The van der Waals surface area contributed by atoms with Crippen LogP contribution >= 0.6 is 35.0 Å². The number of rotatable bonds is 12. The van der Waals surface area contributed by atoms with Crippen LogP contribution in [0.25, 0.3) is 0 Å². The molecule has 0 radical (unpaired) electrons. The first-order valence-corrected chi connectivity index (χ1v) is 14.1. The topological polar surface area (TPSA) is 49.4 Å². The summed E-state index contributed by atoms with van der Waals surface area (Å²) in [5.74, 6) is 0.0533. The molecule has 37 heavy (non-hydrogen) atoms. The standard InChI is InChI=1S/C29H31Cl2FN2O2S/c1-3-20(2)33-29(36)27(16-21-7-5-4-6-8-21)34(17-23-11-14-25(30)26(31)15-23)28(35)19-37-18-22-9-12-24(32)13-10-22/h4-15,20,27H,3,16-19H2,1-2H3,(H,33,36). The molecule has 0 heterocycles. The van der Waals surface area contributed by atoms with Crippen molar-refractivity contribution in [3.8, 4) is 0 Å². The Hall–Kier alpha value is -2.54. The Morgan fingerprint density at radius 1 is 0.946 bits per heavy atom. The second-order valence-electron chi connectivity index (χ2n) is 8.91. The molecule has 0 bridgehead atoms. The van der Waals surface area contributed by atoms with Crippen molar-refractivity contribution in [2.45, 2.75) is 51.1 Å². The number of benzene rings is 3. The Kier molecular flexibility index (Phi) is 11.3. The molecule has 8 heteroatoms. The van der Waals surface area contributed by atoms with Gasteiger partial charge in [-0.05, 0) is 54.3 Å². The molecule has 4 nitrogen and oxygen atoms in total. The third-order valence-electron chi connectivity index (χ3n) is 6.02. The molecule has 0 aliphatic carbocycles. The summed E-state index contributed by atoms with van der Waals surface area (Å²) in [4.78, 5) is 28.8. The molecule has 196 valence electrons. The summed E-state index contributed by atoms with van der Waals surface area (Å²) in [6.45, 7) is 4.15. The van der Waals surface area contributed by atoms with E-state index in [9.17, 15) is 14.0 Å². The van der Waals surface area contributed by atoms with Crippen molar-refractivity contribution in [3.05, 3.63) is 105 Å². The average molecular weight is 562 g/mol. The molecule has 0 aliphatic rings. The Morgan fingerprint density at radius 3 is 2.27 bits per heavy atom. The van der Waals surface area contributed by atoms with Crippen LogP contribution in [0.1, 0.15) is 37.0 Å². The second kappa shape index (κ2) is 14.4. The maximum absolute atomic E-state index is 13.6. The smallest absolute Gasteiger partial charge is 0.243 e. The van der Waals surface area contributed by atoms with E-state index in [0.717, 1.165) is 23.1 Å². The maximum Gasteiger partial charge on any atom is 0.243 e. The van der Waals surface area contributed by atoms with Crippen LogP contribution in [0.15, 0.2) is 72.8 Å². The van der Waals surface area contributed by atoms with Crippen molar-refractivity contribution in [1.29, 1.82) is 0 Å². The molecule has 0 saturated heterocycles. The largest absolute Gasteiger partial charge is 0.352 e. The number of halogens is 3. The van der Waals surface area contributed by atoms with Gasteiger partial charge in [-0.2, -0.15) is 0 Å². The Morgan fingerprint density at radius 2 is 1.62 bits per heavy atom. The Labute approximate surface area is 232 Å². The fourth-order valence-electron chi connectivity index (χ4n) is 3.75. The van der Waals surface area contributed by atoms with E-state index in [1.54, 1.807) is 29.2 Å². The zero-order valence-corrected chi connectivity index (χ0v) is 23.3. The van der Waals surface area contributed by atoms with Gasteiger partial charge < -0.3 is 10.2 Å². The van der Waals surface area contributed by atoms with Crippen molar-refractivity contribution in [2.24, 2.45) is 0 Å². The summed E-state index contributed by atoms with van der Waals surface area (Å²) in [6.07, 6.45) is 1.15. The van der Waals surface area contributed by atoms with Crippen molar-refractivity contribution in [3.63, 3.8) is 0 Å². The van der Waals surface area contributed by atoms with Gasteiger partial charge in [-0.15, -0.1) is 11.8 Å². The number of hydrogen-bond donors (Lipinski definition) is 1. The molecule has 0 aromatic heterocycles. The molecule has 2 amide bonds. The first-order chi connectivity index (χ1) is 17.8. The summed E-state index contributed by atoms with van der Waals surface area (Å²) in [6, 6.07) is 20.4. The highest BCUT2D eigenvalue weighted by atomic mass is 35.5. The third kappa shape index (κ3) is 9.06. The number of carbonyl (C=O) groups is 2. The number of nitrogens with one attached hydrogen (secondary N) is 1. The lowest BCUT2D eigenvalue weighted by molar-refractivity contribution is -0.139. The van der Waals surface area contributed by atoms with E-state index in [-0.39, 0.29) is 36.0 Å². The van der Waals surface area contributed by atoms with Gasteiger partial charge in [0.1, 0.15) is 11.9 Å². The molecule has 2 unspecified atom stereocenters. The SMILES string of the molecule is CCC(C)NC(=O)C(Cc1ccccc1)N(Cc1ccc(Cl)c(Cl)c1)C(=O)CSCc1ccc(F)cc1.